The lowest BCUT2D eigenvalue weighted by Gasteiger charge is -2.10. The molecular formula is C20H21N7O3. The summed E-state index contributed by atoms with van der Waals surface area (Å²) in [6, 6.07) is 9.40. The number of fused-ring (bicyclic) bond motifs is 1. The van der Waals surface area contributed by atoms with Crippen molar-refractivity contribution in [2.45, 2.75) is 26.1 Å². The molecule has 5 heterocycles. The van der Waals surface area contributed by atoms with Crippen LogP contribution in [0.2, 0.25) is 0 Å². The van der Waals surface area contributed by atoms with E-state index in [1.165, 1.54) is 0 Å². The summed E-state index contributed by atoms with van der Waals surface area (Å²) in [6.45, 7) is 3.68. The molecule has 4 aromatic heterocycles. The van der Waals surface area contributed by atoms with E-state index in [4.69, 9.17) is 19.6 Å². The van der Waals surface area contributed by atoms with E-state index in [9.17, 15) is 0 Å². The Kier molecular flexibility index (Phi) is 4.77. The minimum atomic E-state index is 0.129. The van der Waals surface area contributed by atoms with Crippen LogP contribution >= 0.6 is 0 Å². The summed E-state index contributed by atoms with van der Waals surface area (Å²) >= 11 is 0. The molecule has 0 amide bonds. The second-order valence-electron chi connectivity index (χ2n) is 7.05. The maximum Gasteiger partial charge on any atom is 0.224 e. The highest BCUT2D eigenvalue weighted by molar-refractivity contribution is 5.74. The Labute approximate surface area is 172 Å². The number of aromatic nitrogens is 5. The number of ether oxygens (including phenoxy) is 2. The van der Waals surface area contributed by atoms with E-state index in [-0.39, 0.29) is 12.1 Å². The highest BCUT2D eigenvalue weighted by Crippen LogP contribution is 2.26. The third kappa shape index (κ3) is 3.70. The molecule has 4 aromatic rings. The molecule has 1 aliphatic heterocycles. The zero-order chi connectivity index (χ0) is 20.5. The Morgan fingerprint density at radius 2 is 2.17 bits per heavy atom. The van der Waals surface area contributed by atoms with Crippen LogP contribution in [0.4, 0.5) is 17.5 Å². The van der Waals surface area contributed by atoms with Gasteiger partial charge in [-0.2, -0.15) is 19.6 Å². The van der Waals surface area contributed by atoms with Crippen LogP contribution in [0.15, 0.2) is 40.9 Å². The normalized spacial score (nSPS) is 16.4. The average Bonchev–Trinajstić information content (AvgIpc) is 3.48. The van der Waals surface area contributed by atoms with Gasteiger partial charge < -0.3 is 24.9 Å². The maximum absolute atomic E-state index is 5.94. The van der Waals surface area contributed by atoms with E-state index in [1.54, 1.807) is 10.7 Å². The highest BCUT2D eigenvalue weighted by Gasteiger charge is 2.18. The van der Waals surface area contributed by atoms with Crippen LogP contribution in [0, 0.1) is 6.92 Å². The SMILES string of the molecule is Cc1ccc(-c2nc(N)nc3c(Nc4cccc(CO[C@@H]5CCOC5)n4)cnn23)o1. The number of anilines is 3. The fourth-order valence-corrected chi connectivity index (χ4v) is 3.31. The van der Waals surface area contributed by atoms with Gasteiger partial charge >= 0.3 is 0 Å². The zero-order valence-corrected chi connectivity index (χ0v) is 16.4. The number of aryl methyl sites for hydroxylation is 1. The van der Waals surface area contributed by atoms with Gasteiger partial charge in [-0.05, 0) is 37.6 Å². The number of nitrogen functional groups attached to an aromatic ring is 1. The second-order valence-corrected chi connectivity index (χ2v) is 7.05. The van der Waals surface area contributed by atoms with Crippen molar-refractivity contribution in [3.63, 3.8) is 0 Å². The van der Waals surface area contributed by atoms with Gasteiger partial charge in [-0.1, -0.05) is 6.07 Å². The number of furan rings is 1. The van der Waals surface area contributed by atoms with E-state index in [2.05, 4.69) is 25.4 Å². The summed E-state index contributed by atoms with van der Waals surface area (Å²) in [5.41, 5.74) is 7.94. The molecule has 0 aromatic carbocycles. The van der Waals surface area contributed by atoms with Gasteiger partial charge in [0.25, 0.3) is 0 Å². The van der Waals surface area contributed by atoms with Gasteiger partial charge in [0, 0.05) is 6.61 Å². The Bertz CT molecular complexity index is 1180. The third-order valence-electron chi connectivity index (χ3n) is 4.77. The molecule has 30 heavy (non-hydrogen) atoms. The lowest BCUT2D eigenvalue weighted by Crippen LogP contribution is -2.12. The molecule has 1 atom stereocenters. The monoisotopic (exact) mass is 407 g/mol. The highest BCUT2D eigenvalue weighted by atomic mass is 16.5. The summed E-state index contributed by atoms with van der Waals surface area (Å²) in [4.78, 5) is 13.2. The summed E-state index contributed by atoms with van der Waals surface area (Å²) in [6.07, 6.45) is 2.70. The van der Waals surface area contributed by atoms with Gasteiger partial charge in [0.15, 0.2) is 11.4 Å². The minimum Gasteiger partial charge on any atom is -0.458 e. The summed E-state index contributed by atoms with van der Waals surface area (Å²) in [7, 11) is 0. The third-order valence-corrected chi connectivity index (χ3v) is 4.77. The number of rotatable bonds is 6. The van der Waals surface area contributed by atoms with Crippen molar-refractivity contribution in [1.29, 1.82) is 0 Å². The molecule has 10 nitrogen and oxygen atoms in total. The predicted octanol–water partition coefficient (Wildman–Crippen LogP) is 2.72. The molecule has 0 bridgehead atoms. The van der Waals surface area contributed by atoms with Gasteiger partial charge in [0.1, 0.15) is 17.3 Å². The fourth-order valence-electron chi connectivity index (χ4n) is 3.31. The van der Waals surface area contributed by atoms with Gasteiger partial charge in [-0.25, -0.2) is 4.98 Å². The van der Waals surface area contributed by atoms with Crippen LogP contribution in [0.5, 0.6) is 0 Å². The van der Waals surface area contributed by atoms with Crippen molar-refractivity contribution >= 4 is 23.1 Å². The van der Waals surface area contributed by atoms with Crippen molar-refractivity contribution in [3.8, 4) is 11.6 Å². The van der Waals surface area contributed by atoms with Crippen LogP contribution in [-0.4, -0.2) is 43.9 Å². The van der Waals surface area contributed by atoms with Crippen molar-refractivity contribution in [1.82, 2.24) is 24.6 Å². The zero-order valence-electron chi connectivity index (χ0n) is 16.4. The van der Waals surface area contributed by atoms with Crippen LogP contribution in [0.1, 0.15) is 17.9 Å². The van der Waals surface area contributed by atoms with Crippen LogP contribution < -0.4 is 11.1 Å². The number of nitrogens with one attached hydrogen (secondary N) is 1. The second kappa shape index (κ2) is 7.73. The van der Waals surface area contributed by atoms with E-state index < -0.39 is 0 Å². The van der Waals surface area contributed by atoms with E-state index >= 15 is 0 Å². The largest absolute Gasteiger partial charge is 0.458 e. The molecule has 1 aliphatic rings. The van der Waals surface area contributed by atoms with Gasteiger partial charge in [0.05, 0.1) is 31.2 Å². The lowest BCUT2D eigenvalue weighted by atomic mass is 10.3. The fraction of sp³-hybridized carbons (Fsp3) is 0.300. The topological polar surface area (TPSA) is 126 Å². The van der Waals surface area contributed by atoms with Crippen molar-refractivity contribution < 1.29 is 13.9 Å². The molecular weight excluding hydrogens is 386 g/mol. The van der Waals surface area contributed by atoms with E-state index in [1.807, 2.05) is 37.3 Å². The average molecular weight is 407 g/mol. The molecule has 10 heteroatoms. The molecule has 0 spiro atoms. The molecule has 0 unspecified atom stereocenters. The summed E-state index contributed by atoms with van der Waals surface area (Å²) in [5.74, 6) is 2.60. The van der Waals surface area contributed by atoms with Gasteiger partial charge in [-0.15, -0.1) is 0 Å². The first-order chi connectivity index (χ1) is 14.7. The Morgan fingerprint density at radius 1 is 1.23 bits per heavy atom. The molecule has 0 aliphatic carbocycles. The Balaban J connectivity index is 1.40. The Hall–Kier alpha value is -3.50. The molecule has 5 rings (SSSR count). The number of nitrogens with two attached hydrogens (primary N) is 1. The van der Waals surface area contributed by atoms with Crippen molar-refractivity contribution in [2.24, 2.45) is 0 Å². The number of hydrogen-bond donors (Lipinski definition) is 2. The van der Waals surface area contributed by atoms with Crippen molar-refractivity contribution in [2.75, 3.05) is 24.3 Å². The number of hydrogen-bond acceptors (Lipinski definition) is 9. The molecule has 3 N–H and O–H groups in total. The van der Waals surface area contributed by atoms with E-state index in [0.717, 1.165) is 24.5 Å². The van der Waals surface area contributed by atoms with Gasteiger partial charge in [-0.3, -0.25) is 0 Å². The van der Waals surface area contributed by atoms with Crippen molar-refractivity contribution in [3.05, 3.63) is 48.0 Å². The first-order valence-corrected chi connectivity index (χ1v) is 9.66. The predicted molar refractivity (Wildman–Crippen MR) is 109 cm³/mol. The minimum absolute atomic E-state index is 0.129. The van der Waals surface area contributed by atoms with Crippen LogP contribution in [-0.2, 0) is 16.1 Å². The first kappa shape index (κ1) is 18.5. The molecule has 1 fully saturated rings. The molecule has 0 saturated carbocycles. The van der Waals surface area contributed by atoms with Gasteiger partial charge in [0.2, 0.25) is 11.8 Å². The standard InChI is InChI=1S/C20H21N7O3/c1-12-5-6-16(30-12)19-26-20(21)25-18-15(9-22-27(18)19)24-17-4-2-3-13(23-17)10-29-14-7-8-28-11-14/h2-6,9,14H,7-8,10-11H2,1H3,(H2,21,25)(H,23,24)/t14-/m1/s1. The number of nitrogens with zero attached hydrogens (tertiary/aromatic N) is 5. The Morgan fingerprint density at radius 3 is 2.97 bits per heavy atom. The quantitative estimate of drug-likeness (QED) is 0.496. The first-order valence-electron chi connectivity index (χ1n) is 9.66. The lowest BCUT2D eigenvalue weighted by molar-refractivity contribution is 0.0302. The van der Waals surface area contributed by atoms with Crippen LogP contribution in [0.25, 0.3) is 17.2 Å². The smallest absolute Gasteiger partial charge is 0.224 e. The number of pyridine rings is 1. The van der Waals surface area contributed by atoms with Crippen LogP contribution in [0.3, 0.4) is 0 Å². The molecule has 0 radical (unpaired) electrons. The summed E-state index contributed by atoms with van der Waals surface area (Å²) < 4.78 is 18.5. The molecule has 154 valence electrons. The summed E-state index contributed by atoms with van der Waals surface area (Å²) in [5, 5.41) is 7.66. The molecule has 1 saturated heterocycles. The van der Waals surface area contributed by atoms with E-state index in [0.29, 0.717) is 42.0 Å². The maximum atomic E-state index is 5.94.